The molecule has 50 heavy (non-hydrogen) atoms. The first-order valence-electron chi connectivity index (χ1n) is 17.3. The molecule has 0 saturated heterocycles. The monoisotopic (exact) mass is 823 g/mol. The fraction of sp³-hybridized carbons (Fsp3) is 0.205. The average Bonchev–Trinajstić information content (AvgIpc) is 3.56. The van der Waals surface area contributed by atoms with Crippen LogP contribution in [-0.4, -0.2) is 25.6 Å². The number of hydrogen-bond donors (Lipinski definition) is 0. The maximum atomic E-state index is 8.03. The van der Waals surface area contributed by atoms with Crippen molar-refractivity contribution in [2.45, 2.75) is 52.2 Å². The van der Waals surface area contributed by atoms with Crippen LogP contribution in [0.2, 0.25) is 5.04 Å². The average molecular weight is 824 g/mol. The number of aromatic nitrogens is 1. The molecule has 1 atom stereocenters. The second kappa shape index (κ2) is 15.2. The second-order valence-corrected chi connectivity index (χ2v) is 30.2. The van der Waals surface area contributed by atoms with Crippen molar-refractivity contribution < 1.29 is 4.43 Å². The first-order valence-corrected chi connectivity index (χ1v) is 25.3. The van der Waals surface area contributed by atoms with E-state index in [-0.39, 0.29) is 11.1 Å². The van der Waals surface area contributed by atoms with Gasteiger partial charge in [-0.1, -0.05) is 0 Å². The topological polar surface area (TPSA) is 22.1 Å². The molecule has 0 unspecified atom stereocenters. The molecule has 6 heteroatoms. The Balaban J connectivity index is 1.58. The molecule has 0 aliphatic carbocycles. The summed E-state index contributed by atoms with van der Waals surface area (Å²) < 4.78 is 4.96. The third-order valence-electron chi connectivity index (χ3n) is 9.95. The van der Waals surface area contributed by atoms with Crippen molar-refractivity contribution >= 4 is 78.3 Å². The van der Waals surface area contributed by atoms with E-state index in [9.17, 15) is 0 Å². The number of aryl methyl sites for hydroxylation is 1. The zero-order chi connectivity index (χ0) is 35.3. The van der Waals surface area contributed by atoms with Crippen LogP contribution in [0.25, 0.3) is 6.08 Å². The van der Waals surface area contributed by atoms with Gasteiger partial charge in [0.25, 0.3) is 0 Å². The molecule has 0 saturated carbocycles. The quantitative estimate of drug-likeness (QED) is 0.0697. The molecule has 0 aliphatic rings. The van der Waals surface area contributed by atoms with Crippen molar-refractivity contribution in [1.82, 2.24) is 4.98 Å². The molecule has 0 fully saturated rings. The minimum absolute atomic E-state index is 0.153. The summed E-state index contributed by atoms with van der Waals surface area (Å²) in [5.41, 5.74) is 2.21. The summed E-state index contributed by atoms with van der Waals surface area (Å²) in [5, 5.41) is 9.83. The molecule has 1 heterocycles. The summed E-state index contributed by atoms with van der Waals surface area (Å²) in [5.74, 6) is 0. The van der Waals surface area contributed by atoms with Gasteiger partial charge >= 0.3 is 319 Å². The molecule has 5 aromatic carbocycles. The van der Waals surface area contributed by atoms with Gasteiger partial charge in [-0.3, -0.25) is 0 Å². The maximum absolute atomic E-state index is 8.03. The number of benzene rings is 5. The van der Waals surface area contributed by atoms with Gasteiger partial charge in [0.15, 0.2) is 0 Å². The predicted molar refractivity (Wildman–Crippen MR) is 232 cm³/mol. The Bertz CT molecular complexity index is 1870. The van der Waals surface area contributed by atoms with E-state index in [1.165, 1.54) is 31.9 Å². The van der Waals surface area contributed by atoms with Crippen molar-refractivity contribution in [2.24, 2.45) is 0 Å². The molecular formula is C44H47INOPSSi. The predicted octanol–water partition coefficient (Wildman–Crippen LogP) is 10.1. The zero-order valence-electron chi connectivity index (χ0n) is 29.7. The van der Waals surface area contributed by atoms with Gasteiger partial charge in [-0.05, 0) is 0 Å². The summed E-state index contributed by atoms with van der Waals surface area (Å²) in [6, 6.07) is 55.8. The van der Waals surface area contributed by atoms with Gasteiger partial charge in [0.05, 0.1) is 0 Å². The van der Waals surface area contributed by atoms with Gasteiger partial charge in [-0.25, -0.2) is 0 Å². The first kappa shape index (κ1) is 36.6. The number of rotatable bonds is 12. The van der Waals surface area contributed by atoms with E-state index in [1.807, 2.05) is 0 Å². The fourth-order valence-electron chi connectivity index (χ4n) is 7.47. The summed E-state index contributed by atoms with van der Waals surface area (Å²) in [7, 11) is -2.89. The number of nitrogens with zero attached hydrogens (tertiary/aromatic N) is 1. The van der Waals surface area contributed by atoms with Crippen molar-refractivity contribution in [1.29, 1.82) is 0 Å². The van der Waals surface area contributed by atoms with E-state index in [1.54, 1.807) is 11.3 Å². The van der Waals surface area contributed by atoms with E-state index in [0.717, 1.165) is 23.3 Å². The zero-order valence-corrected chi connectivity index (χ0v) is 34.5. The van der Waals surface area contributed by atoms with E-state index < -0.39 is 12.6 Å². The van der Waals surface area contributed by atoms with Crippen molar-refractivity contribution in [3.8, 4) is 0 Å². The summed E-state index contributed by atoms with van der Waals surface area (Å²) >= 11 is 4.62. The second-order valence-electron chi connectivity index (χ2n) is 14.2. The Hall–Kier alpha value is -3.19. The van der Waals surface area contributed by atoms with Crippen LogP contribution in [0.4, 0.5) is 0 Å². The fourth-order valence-corrected chi connectivity index (χ4v) is 21.3. The molecule has 256 valence electrons. The first-order chi connectivity index (χ1) is 24.1. The van der Waals surface area contributed by atoms with Crippen LogP contribution in [0, 0.1) is 6.92 Å². The molecule has 6 rings (SSSR count). The van der Waals surface area contributed by atoms with Crippen LogP contribution in [0.3, 0.4) is 0 Å². The Labute approximate surface area is 317 Å². The molecular weight excluding hydrogens is 777 g/mol. The molecule has 0 aliphatic heterocycles. The summed E-state index contributed by atoms with van der Waals surface area (Å²) in [6.45, 7) is 11.4. The standard InChI is InChI=1S/C44H47INOPSSi/c1-35(33-37-34-49-36(2)46-37)43(47-50(44(3,4)5,41-27-17-9-18-28-41)42-29-19-10-20-30-42)31-32-48(45,38-21-11-6-12-22-38,39-23-13-7-14-24-39)40-25-15-8-16-26-40/h6-30,33-34,43H,31-32H2,1-5H3/b35-33+/t43-/m1/s1. The molecule has 6 aromatic rings. The van der Waals surface area contributed by atoms with Gasteiger partial charge in [0.2, 0.25) is 0 Å². The van der Waals surface area contributed by atoms with Gasteiger partial charge in [0.1, 0.15) is 0 Å². The van der Waals surface area contributed by atoms with Crippen molar-refractivity contribution in [3.63, 3.8) is 0 Å². The minimum atomic E-state index is -3.07. The molecule has 0 radical (unpaired) electrons. The van der Waals surface area contributed by atoms with Crippen molar-refractivity contribution in [3.05, 3.63) is 173 Å². The molecule has 1 aromatic heterocycles. The van der Waals surface area contributed by atoms with Gasteiger partial charge < -0.3 is 0 Å². The van der Waals surface area contributed by atoms with Crippen LogP contribution in [-0.2, 0) is 4.43 Å². The Morgan fingerprint density at radius 1 is 0.720 bits per heavy atom. The normalized spacial score (nSPS) is 14.1. The van der Waals surface area contributed by atoms with Gasteiger partial charge in [0, 0.05) is 0 Å². The van der Waals surface area contributed by atoms with E-state index in [4.69, 9.17) is 9.41 Å². The van der Waals surface area contributed by atoms with Crippen LogP contribution in [0.5, 0.6) is 0 Å². The molecule has 0 bridgehead atoms. The molecule has 2 nitrogen and oxygen atoms in total. The number of hydrogen-bond acceptors (Lipinski definition) is 3. The van der Waals surface area contributed by atoms with Crippen LogP contribution in [0.15, 0.2) is 163 Å². The molecule has 0 amide bonds. The Kier molecular flexibility index (Phi) is 11.1. The van der Waals surface area contributed by atoms with Gasteiger partial charge in [-0.2, -0.15) is 0 Å². The van der Waals surface area contributed by atoms with E-state index in [2.05, 4.69) is 220 Å². The third-order valence-corrected chi connectivity index (χ3v) is 27.5. The molecule has 0 spiro atoms. The van der Waals surface area contributed by atoms with Crippen molar-refractivity contribution in [2.75, 3.05) is 6.16 Å². The van der Waals surface area contributed by atoms with Crippen LogP contribution in [0.1, 0.15) is 44.8 Å². The SMILES string of the molecule is C/C(=C\c1csc(C)n1)[C@@H](CCP(I)(c1ccccc1)(c1ccccc1)c1ccccc1)O[Si](c1ccccc1)(c1ccccc1)C(C)(C)C. The molecule has 0 N–H and O–H groups in total. The number of halogens is 1. The summed E-state index contributed by atoms with van der Waals surface area (Å²) in [4.78, 5) is 4.86. The van der Waals surface area contributed by atoms with Crippen LogP contribution >= 0.6 is 37.6 Å². The van der Waals surface area contributed by atoms with E-state index in [0.29, 0.717) is 0 Å². The van der Waals surface area contributed by atoms with E-state index >= 15 is 0 Å². The Morgan fingerprint density at radius 2 is 1.12 bits per heavy atom. The Morgan fingerprint density at radius 3 is 1.48 bits per heavy atom. The van der Waals surface area contributed by atoms with Crippen LogP contribution < -0.4 is 26.3 Å². The van der Waals surface area contributed by atoms with Gasteiger partial charge in [-0.15, -0.1) is 0 Å². The third kappa shape index (κ3) is 7.00. The number of thiazole rings is 1. The summed E-state index contributed by atoms with van der Waals surface area (Å²) in [6.07, 6.45) is 3.89.